The fraction of sp³-hybridized carbons (Fsp3) is 0.920. The molecule has 0 aromatic rings. The molecule has 0 spiro atoms. The van der Waals surface area contributed by atoms with Crippen molar-refractivity contribution < 1.29 is 203 Å². The normalized spacial score (nSPS) is 37.3. The Morgan fingerprint density at radius 3 is 1.18 bits per heavy atom. The van der Waals surface area contributed by atoms with Gasteiger partial charge < -0.3 is 200 Å². The van der Waals surface area contributed by atoms with Crippen LogP contribution in [-0.2, 0) is 90.3 Å². The number of carbonyl (C=O) groups is 5. The summed E-state index contributed by atoms with van der Waals surface area (Å²) in [6.45, 7) is -1.45. The lowest BCUT2D eigenvalue weighted by atomic mass is 9.88. The standard InChI is InChI=1S/C87H154N4O41/c1-6-8-10-12-14-16-18-20-21-23-25-27-29-31-33-35-58(105)91-48(49(102)34-32-30-28-26-24-22-19-17-15-13-11-9-7-2)44-119-82-70(114)67(111)74(55(41-96)123-82)127-84-71(115)68(112)73(56(42-97)124-84)126-80-60(89-46(4)100)77(65(109)53(39-94)120-80)130-85-72(116)79(132-87(86(117)118)36-50(103)59(88-45(3)99)78(131-87)62(106)51(104)37-92)75(57(43-98)125-85)128-81-61(90-47(5)101)76(64(108)54(40-95)121-81)129-83-69(113)66(110)63(107)52(38-93)122-83/h32,34,48-57,59-85,92-98,102-104,106-116H,6-31,33,35-44H2,1-5H3,(H,88,99)(H,89,100)(H,90,101)(H,91,105)(H,117,118)/b34-32+/t48-,49+,50?,51+,52?,53?,54?,55?,56?,57?,59+,60?,61?,62+,63-,64-,65-,66-,67+,68+,69?,70?,71?,72?,73-,74+,75-,76+,77+,78?,79+,80-,81-,82+,83-,84-,85-,87-/m0/s1. The van der Waals surface area contributed by atoms with Gasteiger partial charge in [0.15, 0.2) is 37.7 Å². The molecule has 45 heteroatoms. The largest absolute Gasteiger partial charge is 0.477 e. The second-order valence-corrected chi connectivity index (χ2v) is 35.6. The summed E-state index contributed by atoms with van der Waals surface area (Å²) in [6, 6.07) is -7.02. The summed E-state index contributed by atoms with van der Waals surface area (Å²) >= 11 is 0. The number of rotatable bonds is 59. The van der Waals surface area contributed by atoms with Gasteiger partial charge >= 0.3 is 5.97 Å². The molecule has 7 aliphatic heterocycles. The molecule has 0 bridgehead atoms. The van der Waals surface area contributed by atoms with Gasteiger partial charge in [0, 0.05) is 33.6 Å². The maximum absolute atomic E-state index is 14.0. The number of ether oxygens (including phenoxy) is 14. The zero-order valence-electron chi connectivity index (χ0n) is 76.3. The van der Waals surface area contributed by atoms with E-state index in [1.165, 1.54) is 103 Å². The minimum atomic E-state index is -3.51. The molecule has 45 nitrogen and oxygen atoms in total. The molecule has 768 valence electrons. The van der Waals surface area contributed by atoms with E-state index in [1.54, 1.807) is 6.08 Å². The van der Waals surface area contributed by atoms with Gasteiger partial charge in [-0.25, -0.2) is 4.79 Å². The Balaban J connectivity index is 1.10. The van der Waals surface area contributed by atoms with Crippen molar-refractivity contribution in [2.75, 3.05) is 52.9 Å². The summed E-state index contributed by atoms with van der Waals surface area (Å²) in [7, 11) is 0. The molecule has 7 fully saturated rings. The third-order valence-electron chi connectivity index (χ3n) is 25.2. The molecule has 0 radical (unpaired) electrons. The molecule has 38 atom stereocenters. The molecular formula is C87H154N4O41. The third-order valence-corrected chi connectivity index (χ3v) is 25.2. The number of nitrogens with one attached hydrogen (secondary N) is 4. The molecule has 0 aromatic carbocycles. The minimum Gasteiger partial charge on any atom is -0.477 e. The van der Waals surface area contributed by atoms with Gasteiger partial charge in [-0.2, -0.15) is 0 Å². The highest BCUT2D eigenvalue weighted by Gasteiger charge is 2.64. The predicted octanol–water partition coefficient (Wildman–Crippen LogP) is -5.25. The molecule has 132 heavy (non-hydrogen) atoms. The zero-order valence-corrected chi connectivity index (χ0v) is 76.3. The van der Waals surface area contributed by atoms with Crippen molar-refractivity contribution in [3.05, 3.63) is 12.2 Å². The molecule has 0 aromatic heterocycles. The molecular weight excluding hydrogens is 1760 g/mol. The molecule has 0 saturated carbocycles. The highest BCUT2D eigenvalue weighted by atomic mass is 16.8. The predicted molar refractivity (Wildman–Crippen MR) is 455 cm³/mol. The van der Waals surface area contributed by atoms with Crippen molar-refractivity contribution >= 4 is 29.6 Å². The summed E-state index contributed by atoms with van der Waals surface area (Å²) < 4.78 is 84.5. The van der Waals surface area contributed by atoms with Gasteiger partial charge in [0.05, 0.1) is 77.1 Å². The second-order valence-electron chi connectivity index (χ2n) is 35.6. The van der Waals surface area contributed by atoms with E-state index in [4.69, 9.17) is 66.3 Å². The number of hydrogen-bond donors (Lipinski definition) is 26. The summed E-state index contributed by atoms with van der Waals surface area (Å²) in [4.78, 5) is 66.9. The first-order valence-corrected chi connectivity index (χ1v) is 47.1. The number of unbranched alkanes of at least 4 members (excludes halogenated alkanes) is 25. The minimum absolute atomic E-state index is 0.142. The summed E-state index contributed by atoms with van der Waals surface area (Å²) in [5.41, 5.74) is 0. The van der Waals surface area contributed by atoms with Gasteiger partial charge in [0.25, 0.3) is 5.79 Å². The first-order chi connectivity index (χ1) is 63.1. The van der Waals surface area contributed by atoms with Gasteiger partial charge in [0.2, 0.25) is 23.6 Å². The lowest BCUT2D eigenvalue weighted by Gasteiger charge is -2.53. The number of allylic oxidation sites excluding steroid dienone is 1. The lowest BCUT2D eigenvalue weighted by Crippen LogP contribution is -2.73. The van der Waals surface area contributed by atoms with Crippen molar-refractivity contribution in [3.63, 3.8) is 0 Å². The SMILES string of the molecule is CCCCCCCCCCCCC/C=C/[C@@H](O)[C@H](CO[C@@H]1OC(CO)[C@@H](O[C@@H]2OC(CO)[C@H](O[C@@H]3OC(CO)[C@H](O)[C@H](O[C@@H]4OC(CO)[C@H](O[C@@H]5OC(CO)[C@H](O)[C@H](O[C@@H]6OC(CO)[C@H](O)[C@H](O)C6O)C5NC(C)=O)[C@H](O[C@]5(C(=O)O)CC(O)[C@@H](NC(C)=O)C([C@H](O)[C@H](O)CO)O5)C4O)C3NC(C)=O)[C@H](O)C2O)[C@H](O)C1O)NC(=O)CCCCCCCCCCCCCCCCC. The van der Waals surface area contributed by atoms with Crippen LogP contribution in [0.3, 0.4) is 0 Å². The van der Waals surface area contributed by atoms with E-state index >= 15 is 0 Å². The van der Waals surface area contributed by atoms with Gasteiger partial charge in [-0.05, 0) is 19.3 Å². The quantitative estimate of drug-likeness (QED) is 0.0200. The summed E-state index contributed by atoms with van der Waals surface area (Å²) in [5.74, 6) is -9.06. The molecule has 14 unspecified atom stereocenters. The Hall–Kier alpha value is -4.31. The number of aliphatic hydroxyl groups is 21. The van der Waals surface area contributed by atoms with Gasteiger partial charge in [-0.3, -0.25) is 19.2 Å². The van der Waals surface area contributed by atoms with Gasteiger partial charge in [-0.1, -0.05) is 180 Å². The van der Waals surface area contributed by atoms with E-state index in [2.05, 4.69) is 35.1 Å². The van der Waals surface area contributed by atoms with E-state index < -0.39 is 315 Å². The van der Waals surface area contributed by atoms with Crippen LogP contribution >= 0.6 is 0 Å². The van der Waals surface area contributed by atoms with Crippen LogP contribution in [0.25, 0.3) is 0 Å². The topological polar surface area (TPSA) is 708 Å². The van der Waals surface area contributed by atoms with Crippen LogP contribution in [-0.4, -0.2) is 427 Å². The maximum Gasteiger partial charge on any atom is 0.364 e. The van der Waals surface area contributed by atoms with E-state index in [-0.39, 0.29) is 12.3 Å². The van der Waals surface area contributed by atoms with Crippen LogP contribution in [0.1, 0.15) is 221 Å². The van der Waals surface area contributed by atoms with Crippen LogP contribution < -0.4 is 21.3 Å². The van der Waals surface area contributed by atoms with Crippen molar-refractivity contribution in [3.8, 4) is 0 Å². The first kappa shape index (κ1) is 115. The molecule has 7 heterocycles. The van der Waals surface area contributed by atoms with E-state index in [1.807, 2.05) is 6.08 Å². The highest BCUT2D eigenvalue weighted by Crippen LogP contribution is 2.43. The Kier molecular flexibility index (Phi) is 51.0. The summed E-state index contributed by atoms with van der Waals surface area (Å²) in [5, 5.41) is 258. The smallest absolute Gasteiger partial charge is 0.364 e. The summed E-state index contributed by atoms with van der Waals surface area (Å²) in [6.07, 6.45) is -37.8. The highest BCUT2D eigenvalue weighted by molar-refractivity contribution is 5.77. The molecule has 4 amide bonds. The average Bonchev–Trinajstić information content (AvgIpc) is 0.743. The fourth-order valence-corrected chi connectivity index (χ4v) is 17.7. The Morgan fingerprint density at radius 1 is 0.394 bits per heavy atom. The third kappa shape index (κ3) is 32.9. The van der Waals surface area contributed by atoms with Crippen LogP contribution in [0.4, 0.5) is 0 Å². The monoisotopic (exact) mass is 1910 g/mol. The number of amides is 4. The molecule has 26 N–H and O–H groups in total. The molecule has 7 aliphatic rings. The Labute approximate surface area is 768 Å². The van der Waals surface area contributed by atoms with Gasteiger partial charge in [0.1, 0.15) is 165 Å². The number of carboxylic acids is 1. The fourth-order valence-electron chi connectivity index (χ4n) is 17.7. The van der Waals surface area contributed by atoms with Crippen LogP contribution in [0.5, 0.6) is 0 Å². The van der Waals surface area contributed by atoms with Crippen molar-refractivity contribution in [1.82, 2.24) is 21.3 Å². The van der Waals surface area contributed by atoms with Crippen LogP contribution in [0.15, 0.2) is 12.2 Å². The Morgan fingerprint density at radius 2 is 0.750 bits per heavy atom. The van der Waals surface area contributed by atoms with Crippen molar-refractivity contribution in [1.29, 1.82) is 0 Å². The van der Waals surface area contributed by atoms with Crippen molar-refractivity contribution in [2.45, 2.75) is 453 Å². The lowest BCUT2D eigenvalue weighted by molar-refractivity contribution is -0.403. The van der Waals surface area contributed by atoms with E-state index in [9.17, 15) is 136 Å². The zero-order chi connectivity index (χ0) is 97.1. The first-order valence-electron chi connectivity index (χ1n) is 47.1. The van der Waals surface area contributed by atoms with E-state index in [0.29, 0.717) is 12.8 Å². The number of aliphatic hydroxyl groups excluding tert-OH is 21. The Bertz CT molecular complexity index is 3300. The van der Waals surface area contributed by atoms with Crippen molar-refractivity contribution in [2.24, 2.45) is 0 Å². The number of hydrogen-bond acceptors (Lipinski definition) is 40. The molecule has 7 saturated heterocycles. The average molecular weight is 1910 g/mol. The number of carboxylic acid groups (broad SMARTS) is 1. The molecule has 0 aliphatic carbocycles. The van der Waals surface area contributed by atoms with E-state index in [0.717, 1.165) is 78.6 Å². The van der Waals surface area contributed by atoms with Gasteiger partial charge in [-0.15, -0.1) is 0 Å². The van der Waals surface area contributed by atoms with Crippen LogP contribution in [0, 0.1) is 0 Å². The number of aliphatic carboxylic acids is 1. The molecule has 7 rings (SSSR count). The van der Waals surface area contributed by atoms with Crippen LogP contribution in [0.2, 0.25) is 0 Å². The maximum atomic E-state index is 14.0. The number of carbonyl (C=O) groups excluding carboxylic acids is 4. The second kappa shape index (κ2) is 58.7.